The maximum atomic E-state index is 14.2. The highest BCUT2D eigenvalue weighted by molar-refractivity contribution is 6.31. The lowest BCUT2D eigenvalue weighted by atomic mass is 9.96. The molecule has 0 bridgehead atoms. The van der Waals surface area contributed by atoms with Gasteiger partial charge in [-0.05, 0) is 98.4 Å². The van der Waals surface area contributed by atoms with Gasteiger partial charge in [0.2, 0.25) is 5.91 Å². The Hall–Kier alpha value is -7.13. The summed E-state index contributed by atoms with van der Waals surface area (Å²) in [4.78, 5) is 61.7. The van der Waals surface area contributed by atoms with Gasteiger partial charge >= 0.3 is 11.9 Å². The standard InChI is InChI=1S/C24H26ClFN6O4.C20H19ClFN5O3/c1-32(2)13-22(33)29-20(24(35)36)11-17(28-23(34)21-12-27-31-30-21)9-14-3-5-15(6-4-14)18-10-16(25)7-8-19(18)26;21-13-5-6-16(22)15(8-13)12-3-1-11(2-4-12)7-14(9-17(23)20(29)30)25-19(28)18-10-24-27-26-18/h3-8,10,12,17,20H,9,11,13H2,1-2H3,(H,28,34)(H,29,33)(H,35,36)(H,27,30,31);1-6,8,10,14,17H,7,9,23H2,(H,25,28)(H,29,30)(H,24,26,27)/t17-,20-;14-,17-/m11/s1. The molecular formula is C44H45Cl2F2N11O7. The van der Waals surface area contributed by atoms with E-state index in [4.69, 9.17) is 34.0 Å². The van der Waals surface area contributed by atoms with Crippen molar-refractivity contribution in [2.75, 3.05) is 20.6 Å². The first-order valence-electron chi connectivity index (χ1n) is 20.0. The van der Waals surface area contributed by atoms with Crippen LogP contribution in [0.1, 0.15) is 44.9 Å². The molecule has 66 heavy (non-hydrogen) atoms. The molecule has 6 aromatic rings. The third-order valence-corrected chi connectivity index (χ3v) is 10.3. The fraction of sp³-hybridized carbons (Fsp3) is 0.250. The van der Waals surface area contributed by atoms with Crippen LogP contribution in [0.2, 0.25) is 10.0 Å². The lowest BCUT2D eigenvalue weighted by Crippen LogP contribution is -2.49. The second-order valence-corrected chi connectivity index (χ2v) is 16.1. The minimum absolute atomic E-state index is 0.0151. The summed E-state index contributed by atoms with van der Waals surface area (Å²) in [6, 6.07) is 18.9. The number of nitrogens with two attached hydrogens (primary N) is 1. The molecule has 0 saturated heterocycles. The zero-order valence-electron chi connectivity index (χ0n) is 35.3. The van der Waals surface area contributed by atoms with Crippen LogP contribution in [0.25, 0.3) is 22.3 Å². The Labute approximate surface area is 386 Å². The minimum atomic E-state index is -1.24. The molecule has 0 spiro atoms. The van der Waals surface area contributed by atoms with E-state index in [-0.39, 0.29) is 37.2 Å². The maximum absolute atomic E-state index is 14.2. The van der Waals surface area contributed by atoms with Gasteiger partial charge < -0.3 is 36.8 Å². The molecule has 22 heteroatoms. The number of aromatic amines is 2. The van der Waals surface area contributed by atoms with Crippen LogP contribution < -0.4 is 21.7 Å². The van der Waals surface area contributed by atoms with Gasteiger partial charge in [0.05, 0.1) is 18.9 Å². The Morgan fingerprint density at radius 1 is 0.667 bits per heavy atom. The number of hydrogen-bond donors (Lipinski definition) is 8. The number of carbonyl (C=O) groups is 5. The zero-order valence-corrected chi connectivity index (χ0v) is 36.9. The lowest BCUT2D eigenvalue weighted by molar-refractivity contribution is -0.142. The van der Waals surface area contributed by atoms with Crippen molar-refractivity contribution in [2.45, 2.75) is 49.9 Å². The molecule has 0 aliphatic heterocycles. The fourth-order valence-corrected chi connectivity index (χ4v) is 6.96. The number of rotatable bonds is 19. The molecule has 0 fully saturated rings. The van der Waals surface area contributed by atoms with Crippen molar-refractivity contribution < 1.29 is 43.0 Å². The number of halogens is 4. The van der Waals surface area contributed by atoms with E-state index in [9.17, 15) is 37.9 Å². The van der Waals surface area contributed by atoms with Crippen molar-refractivity contribution in [2.24, 2.45) is 5.73 Å². The minimum Gasteiger partial charge on any atom is -0.480 e. The van der Waals surface area contributed by atoms with Crippen LogP contribution in [0, 0.1) is 11.6 Å². The first-order valence-corrected chi connectivity index (χ1v) is 20.8. The Bertz CT molecular complexity index is 2590. The number of benzene rings is 4. The van der Waals surface area contributed by atoms with Crippen LogP contribution in [0.3, 0.4) is 0 Å². The van der Waals surface area contributed by atoms with E-state index in [0.717, 1.165) is 11.1 Å². The van der Waals surface area contributed by atoms with Gasteiger partial charge in [0.1, 0.15) is 23.7 Å². The molecule has 0 aliphatic carbocycles. The number of nitrogens with one attached hydrogen (secondary N) is 5. The highest BCUT2D eigenvalue weighted by atomic mass is 35.5. The van der Waals surface area contributed by atoms with Crippen molar-refractivity contribution >= 4 is 52.9 Å². The van der Waals surface area contributed by atoms with Gasteiger partial charge in [-0.2, -0.15) is 30.8 Å². The summed E-state index contributed by atoms with van der Waals surface area (Å²) in [5, 5.41) is 47.0. The average Bonchev–Trinajstić information content (AvgIpc) is 4.02. The highest BCUT2D eigenvalue weighted by Crippen LogP contribution is 2.28. The predicted molar refractivity (Wildman–Crippen MR) is 239 cm³/mol. The smallest absolute Gasteiger partial charge is 0.326 e. The van der Waals surface area contributed by atoms with E-state index in [2.05, 4.69) is 46.8 Å². The van der Waals surface area contributed by atoms with Crippen LogP contribution in [-0.2, 0) is 27.2 Å². The number of carboxylic acid groups (broad SMARTS) is 2. The van der Waals surface area contributed by atoms with Crippen LogP contribution in [0.4, 0.5) is 8.78 Å². The first kappa shape index (κ1) is 49.9. The number of carboxylic acids is 2. The van der Waals surface area contributed by atoms with Crippen LogP contribution >= 0.6 is 23.2 Å². The van der Waals surface area contributed by atoms with Crippen molar-refractivity contribution in [3.05, 3.63) is 142 Å². The molecule has 0 saturated carbocycles. The van der Waals surface area contributed by atoms with Gasteiger partial charge in [0.25, 0.3) is 11.8 Å². The predicted octanol–water partition coefficient (Wildman–Crippen LogP) is 4.53. The molecule has 9 N–H and O–H groups in total. The van der Waals surface area contributed by atoms with Gasteiger partial charge in [-0.1, -0.05) is 71.7 Å². The third kappa shape index (κ3) is 15.0. The number of hydrogen-bond acceptors (Lipinski definition) is 11. The molecule has 0 radical (unpaired) electrons. The Morgan fingerprint density at radius 3 is 1.48 bits per heavy atom. The highest BCUT2D eigenvalue weighted by Gasteiger charge is 2.27. The van der Waals surface area contributed by atoms with E-state index in [1.165, 1.54) is 42.7 Å². The topological polar surface area (TPSA) is 274 Å². The SMILES string of the molecule is CN(C)CC(=O)N[C@H](C[C@@H](Cc1ccc(-c2cc(Cl)ccc2F)cc1)NC(=O)c1cn[nH]n1)C(=O)O.N[C@H](C[C@@H](Cc1ccc(-c2cc(Cl)ccc2F)cc1)NC(=O)c1cn[nH]n1)C(=O)O. The summed E-state index contributed by atoms with van der Waals surface area (Å²) in [7, 11) is 3.38. The lowest BCUT2D eigenvalue weighted by Gasteiger charge is -2.23. The zero-order chi connectivity index (χ0) is 47.9. The second-order valence-electron chi connectivity index (χ2n) is 15.2. The molecule has 0 unspecified atom stereocenters. The molecule has 4 atom stereocenters. The molecule has 2 aromatic heterocycles. The van der Waals surface area contributed by atoms with E-state index in [0.29, 0.717) is 38.7 Å². The number of H-pyrrole nitrogens is 2. The van der Waals surface area contributed by atoms with Gasteiger partial charge in [0.15, 0.2) is 11.4 Å². The number of carbonyl (C=O) groups excluding carboxylic acids is 3. The summed E-state index contributed by atoms with van der Waals surface area (Å²) in [5.74, 6) is -4.70. The second kappa shape index (κ2) is 23.7. The van der Waals surface area contributed by atoms with Gasteiger partial charge in [-0.15, -0.1) is 0 Å². The average molecular weight is 949 g/mol. The maximum Gasteiger partial charge on any atom is 0.326 e. The van der Waals surface area contributed by atoms with E-state index >= 15 is 0 Å². The van der Waals surface area contributed by atoms with Gasteiger partial charge in [0, 0.05) is 33.3 Å². The summed E-state index contributed by atoms with van der Waals surface area (Å²) in [6.45, 7) is 0.0151. The Morgan fingerprint density at radius 2 is 1.11 bits per heavy atom. The molecular weight excluding hydrogens is 903 g/mol. The first-order chi connectivity index (χ1) is 31.4. The molecule has 2 heterocycles. The molecule has 18 nitrogen and oxygen atoms in total. The summed E-state index contributed by atoms with van der Waals surface area (Å²) in [5.41, 5.74) is 9.32. The number of aliphatic carboxylic acids is 2. The third-order valence-electron chi connectivity index (χ3n) is 9.79. The van der Waals surface area contributed by atoms with E-state index in [1.807, 2.05) is 0 Å². The molecule has 6 rings (SSSR count). The van der Waals surface area contributed by atoms with Gasteiger partial charge in [-0.3, -0.25) is 19.2 Å². The Kier molecular flexibility index (Phi) is 17.9. The normalized spacial score (nSPS) is 12.8. The van der Waals surface area contributed by atoms with Crippen molar-refractivity contribution in [1.82, 2.24) is 51.7 Å². The number of nitrogens with zero attached hydrogens (tertiary/aromatic N) is 5. The number of aromatic nitrogens is 6. The van der Waals surface area contributed by atoms with Crippen molar-refractivity contribution in [1.29, 1.82) is 0 Å². The quantitative estimate of drug-likeness (QED) is 0.0555. The van der Waals surface area contributed by atoms with Crippen molar-refractivity contribution in [3.63, 3.8) is 0 Å². The summed E-state index contributed by atoms with van der Waals surface area (Å²) >= 11 is 11.9. The van der Waals surface area contributed by atoms with E-state index < -0.39 is 65.5 Å². The number of amides is 3. The number of likely N-dealkylation sites (N-methyl/N-ethyl adjacent to an activating group) is 1. The Balaban J connectivity index is 0.000000251. The van der Waals surface area contributed by atoms with Crippen molar-refractivity contribution in [3.8, 4) is 22.3 Å². The van der Waals surface area contributed by atoms with Crippen LogP contribution in [0.15, 0.2) is 97.3 Å². The molecule has 346 valence electrons. The fourth-order valence-electron chi connectivity index (χ4n) is 6.62. The largest absolute Gasteiger partial charge is 0.480 e. The van der Waals surface area contributed by atoms with Gasteiger partial charge in [-0.25, -0.2) is 13.6 Å². The van der Waals surface area contributed by atoms with Crippen LogP contribution in [0.5, 0.6) is 0 Å². The summed E-state index contributed by atoms with van der Waals surface area (Å²) in [6.07, 6.45) is 3.01. The monoisotopic (exact) mass is 947 g/mol. The summed E-state index contributed by atoms with van der Waals surface area (Å²) < 4.78 is 28.3. The van der Waals surface area contributed by atoms with E-state index in [1.54, 1.807) is 73.6 Å². The molecule has 4 aromatic carbocycles. The van der Waals surface area contributed by atoms with Crippen LogP contribution in [-0.4, -0.2) is 120 Å². The molecule has 0 aliphatic rings. The molecule has 3 amide bonds.